The van der Waals surface area contributed by atoms with Gasteiger partial charge in [0.25, 0.3) is 0 Å². The minimum Gasteiger partial charge on any atom is -0.399 e. The lowest BCUT2D eigenvalue weighted by Gasteiger charge is -2.10. The van der Waals surface area contributed by atoms with Crippen LogP contribution in [0.1, 0.15) is 11.1 Å². The summed E-state index contributed by atoms with van der Waals surface area (Å²) in [5, 5.41) is 0. The fraction of sp³-hybridized carbons (Fsp3) is 0.200. The molecule has 0 aliphatic rings. The molecule has 0 spiro atoms. The molecule has 0 aromatic heterocycles. The van der Waals surface area contributed by atoms with Crippen molar-refractivity contribution in [2.75, 3.05) is 12.3 Å². The van der Waals surface area contributed by atoms with E-state index >= 15 is 0 Å². The van der Waals surface area contributed by atoms with Gasteiger partial charge in [-0.2, -0.15) is 0 Å². The Morgan fingerprint density at radius 2 is 1.86 bits per heavy atom. The molecule has 21 heavy (non-hydrogen) atoms. The van der Waals surface area contributed by atoms with Crippen LogP contribution in [0.15, 0.2) is 47.4 Å². The summed E-state index contributed by atoms with van der Waals surface area (Å²) in [6.07, 6.45) is 0.531. The molecule has 0 atom stereocenters. The fourth-order valence-corrected chi connectivity index (χ4v) is 3.23. The van der Waals surface area contributed by atoms with Gasteiger partial charge in [-0.1, -0.05) is 30.3 Å². The maximum Gasteiger partial charge on any atom is 0.243 e. The van der Waals surface area contributed by atoms with Crippen molar-refractivity contribution in [3.05, 3.63) is 59.4 Å². The van der Waals surface area contributed by atoms with E-state index in [9.17, 15) is 12.8 Å². The maximum atomic E-state index is 14.0. The molecular weight excluding hydrogens is 291 g/mol. The van der Waals surface area contributed by atoms with Crippen LogP contribution in [0.2, 0.25) is 0 Å². The SMILES string of the molecule is Cc1cc(N)cc(S(=O)(=O)NCCc2ccccc2)c1F. The lowest BCUT2D eigenvalue weighted by Crippen LogP contribution is -2.27. The molecule has 0 amide bonds. The molecule has 3 N–H and O–H groups in total. The number of anilines is 1. The van der Waals surface area contributed by atoms with E-state index in [4.69, 9.17) is 5.73 Å². The summed E-state index contributed by atoms with van der Waals surface area (Å²) in [6.45, 7) is 1.67. The minimum atomic E-state index is -3.91. The van der Waals surface area contributed by atoms with E-state index in [0.29, 0.717) is 6.42 Å². The smallest absolute Gasteiger partial charge is 0.243 e. The van der Waals surface area contributed by atoms with Gasteiger partial charge in [-0.15, -0.1) is 0 Å². The highest BCUT2D eigenvalue weighted by molar-refractivity contribution is 7.89. The summed E-state index contributed by atoms with van der Waals surface area (Å²) in [4.78, 5) is -0.409. The second kappa shape index (κ2) is 6.24. The highest BCUT2D eigenvalue weighted by atomic mass is 32.2. The number of nitrogens with two attached hydrogens (primary N) is 1. The molecule has 0 radical (unpaired) electrons. The molecule has 0 fully saturated rings. The Balaban J connectivity index is 2.12. The fourth-order valence-electron chi connectivity index (χ4n) is 2.01. The van der Waals surface area contributed by atoms with Crippen molar-refractivity contribution in [1.82, 2.24) is 4.72 Å². The Morgan fingerprint density at radius 1 is 1.19 bits per heavy atom. The van der Waals surface area contributed by atoms with Crippen LogP contribution in [0, 0.1) is 12.7 Å². The summed E-state index contributed by atoms with van der Waals surface area (Å²) in [7, 11) is -3.91. The van der Waals surface area contributed by atoms with Crippen molar-refractivity contribution >= 4 is 15.7 Å². The van der Waals surface area contributed by atoms with Gasteiger partial charge in [-0.25, -0.2) is 17.5 Å². The van der Waals surface area contributed by atoms with Crippen molar-refractivity contribution < 1.29 is 12.8 Å². The van der Waals surface area contributed by atoms with E-state index in [1.807, 2.05) is 30.3 Å². The number of halogens is 1. The number of hydrogen-bond donors (Lipinski definition) is 2. The van der Waals surface area contributed by atoms with E-state index in [-0.39, 0.29) is 17.8 Å². The third kappa shape index (κ3) is 3.80. The first-order valence-electron chi connectivity index (χ1n) is 6.49. The summed E-state index contributed by atoms with van der Waals surface area (Å²) < 4.78 is 40.6. The van der Waals surface area contributed by atoms with E-state index < -0.39 is 20.7 Å². The molecule has 2 aromatic rings. The number of nitrogens with one attached hydrogen (secondary N) is 1. The number of nitrogen functional groups attached to an aromatic ring is 1. The quantitative estimate of drug-likeness (QED) is 0.832. The normalized spacial score (nSPS) is 11.5. The van der Waals surface area contributed by atoms with Gasteiger partial charge in [-0.3, -0.25) is 0 Å². The molecule has 0 saturated carbocycles. The zero-order valence-electron chi connectivity index (χ0n) is 11.6. The van der Waals surface area contributed by atoms with E-state index in [0.717, 1.165) is 11.6 Å². The number of aryl methyl sites for hydroxylation is 1. The molecule has 2 rings (SSSR count). The molecular formula is C15H17FN2O2S. The molecule has 0 aliphatic carbocycles. The van der Waals surface area contributed by atoms with Crippen LogP contribution in [0.4, 0.5) is 10.1 Å². The molecule has 0 heterocycles. The Hall–Kier alpha value is -1.92. The van der Waals surface area contributed by atoms with Gasteiger partial charge in [0.05, 0.1) is 0 Å². The van der Waals surface area contributed by atoms with Crippen LogP contribution in [0.25, 0.3) is 0 Å². The van der Waals surface area contributed by atoms with Crippen molar-refractivity contribution in [2.45, 2.75) is 18.2 Å². The van der Waals surface area contributed by atoms with Gasteiger partial charge in [0, 0.05) is 12.2 Å². The first-order valence-corrected chi connectivity index (χ1v) is 7.97. The zero-order valence-corrected chi connectivity index (χ0v) is 12.5. The highest BCUT2D eigenvalue weighted by Gasteiger charge is 2.20. The van der Waals surface area contributed by atoms with Gasteiger partial charge in [0.15, 0.2) is 0 Å². The number of hydrogen-bond acceptors (Lipinski definition) is 3. The Kier molecular flexibility index (Phi) is 4.59. The third-order valence-corrected chi connectivity index (χ3v) is 4.54. The summed E-state index contributed by atoms with van der Waals surface area (Å²) in [5.41, 5.74) is 7.02. The number of sulfonamides is 1. The maximum absolute atomic E-state index is 14.0. The molecule has 6 heteroatoms. The van der Waals surface area contributed by atoms with Crippen LogP contribution in [-0.2, 0) is 16.4 Å². The van der Waals surface area contributed by atoms with Crippen LogP contribution < -0.4 is 10.5 Å². The van der Waals surface area contributed by atoms with E-state index in [1.54, 1.807) is 0 Å². The lowest BCUT2D eigenvalue weighted by atomic mass is 10.2. The second-order valence-corrected chi connectivity index (χ2v) is 6.52. The standard InChI is InChI=1S/C15H17FN2O2S/c1-11-9-13(17)10-14(15(11)16)21(19,20)18-8-7-12-5-3-2-4-6-12/h2-6,9-10,18H,7-8,17H2,1H3. The predicted molar refractivity (Wildman–Crippen MR) is 80.9 cm³/mol. The van der Waals surface area contributed by atoms with Gasteiger partial charge in [-0.05, 0) is 36.6 Å². The van der Waals surface area contributed by atoms with Crippen molar-refractivity contribution in [1.29, 1.82) is 0 Å². The monoisotopic (exact) mass is 308 g/mol. The van der Waals surface area contributed by atoms with Gasteiger partial charge >= 0.3 is 0 Å². The predicted octanol–water partition coefficient (Wildman–Crippen LogP) is 2.24. The largest absolute Gasteiger partial charge is 0.399 e. The van der Waals surface area contributed by atoms with Gasteiger partial charge in [0.2, 0.25) is 10.0 Å². The van der Waals surface area contributed by atoms with Crippen LogP contribution >= 0.6 is 0 Å². The van der Waals surface area contributed by atoms with Crippen molar-refractivity contribution in [3.63, 3.8) is 0 Å². The molecule has 0 saturated heterocycles. The topological polar surface area (TPSA) is 72.2 Å². The van der Waals surface area contributed by atoms with Crippen molar-refractivity contribution in [2.24, 2.45) is 0 Å². The summed E-state index contributed by atoms with van der Waals surface area (Å²) >= 11 is 0. The second-order valence-electron chi connectivity index (χ2n) is 4.78. The molecule has 112 valence electrons. The zero-order chi connectivity index (χ0) is 15.5. The number of benzene rings is 2. The first-order chi connectivity index (χ1) is 9.90. The molecule has 4 nitrogen and oxygen atoms in total. The molecule has 0 bridgehead atoms. The van der Waals surface area contributed by atoms with E-state index in [2.05, 4.69) is 4.72 Å². The Labute approximate surface area is 123 Å². The van der Waals surface area contributed by atoms with Gasteiger partial charge < -0.3 is 5.73 Å². The average Bonchev–Trinajstić information content (AvgIpc) is 2.43. The van der Waals surface area contributed by atoms with Crippen molar-refractivity contribution in [3.8, 4) is 0 Å². The lowest BCUT2D eigenvalue weighted by molar-refractivity contribution is 0.553. The minimum absolute atomic E-state index is 0.194. The first kappa shape index (κ1) is 15.5. The van der Waals surface area contributed by atoms with Gasteiger partial charge in [0.1, 0.15) is 10.7 Å². The molecule has 0 unspecified atom stereocenters. The van der Waals surface area contributed by atoms with Crippen LogP contribution in [0.5, 0.6) is 0 Å². The van der Waals surface area contributed by atoms with Crippen LogP contribution in [-0.4, -0.2) is 15.0 Å². The van der Waals surface area contributed by atoms with Crippen LogP contribution in [0.3, 0.4) is 0 Å². The number of rotatable bonds is 5. The Morgan fingerprint density at radius 3 is 2.52 bits per heavy atom. The third-order valence-electron chi connectivity index (χ3n) is 3.08. The molecule has 2 aromatic carbocycles. The molecule has 0 aliphatic heterocycles. The average molecular weight is 308 g/mol. The Bertz CT molecular complexity index is 731. The summed E-state index contributed by atoms with van der Waals surface area (Å²) in [5.74, 6) is -0.767. The summed E-state index contributed by atoms with van der Waals surface area (Å²) in [6, 6.07) is 12.0. The van der Waals surface area contributed by atoms with E-state index in [1.165, 1.54) is 13.0 Å². The highest BCUT2D eigenvalue weighted by Crippen LogP contribution is 2.21.